The minimum Gasteiger partial charge on any atom is -0.428 e. The number of fused-ring (bicyclic) bond motifs is 3. The third-order valence-electron chi connectivity index (χ3n) is 2.42. The van der Waals surface area contributed by atoms with E-state index in [1.165, 1.54) is 0 Å². The largest absolute Gasteiger partial charge is 0.428 e. The van der Waals surface area contributed by atoms with Crippen molar-refractivity contribution in [1.29, 1.82) is 0 Å². The van der Waals surface area contributed by atoms with E-state index in [1.807, 2.05) is 6.07 Å². The van der Waals surface area contributed by atoms with Crippen LogP contribution in [0.1, 0.15) is 0 Å². The van der Waals surface area contributed by atoms with Gasteiger partial charge in [0.15, 0.2) is 0 Å². The van der Waals surface area contributed by atoms with Crippen LogP contribution in [0.2, 0.25) is 0 Å². The van der Waals surface area contributed by atoms with Crippen molar-refractivity contribution < 1.29 is 9.53 Å². The highest BCUT2D eigenvalue weighted by Crippen LogP contribution is 2.31. The number of rotatable bonds is 2. The summed E-state index contributed by atoms with van der Waals surface area (Å²) in [5.74, 6) is 0.838. The van der Waals surface area contributed by atoms with Gasteiger partial charge in [-0.05, 0) is 22.7 Å². The molecule has 2 heterocycles. The molecule has 0 aliphatic carbocycles. The van der Waals surface area contributed by atoms with E-state index in [9.17, 15) is 4.79 Å². The van der Waals surface area contributed by atoms with E-state index >= 15 is 0 Å². The van der Waals surface area contributed by atoms with Gasteiger partial charge in [0.2, 0.25) is 5.82 Å². The Balaban J connectivity index is 2.46. The maximum Gasteiger partial charge on any atom is 0.298 e. The van der Waals surface area contributed by atoms with E-state index in [1.54, 1.807) is 24.4 Å². The van der Waals surface area contributed by atoms with Crippen molar-refractivity contribution >= 4 is 17.2 Å². The molecule has 0 amide bonds. The van der Waals surface area contributed by atoms with Gasteiger partial charge < -0.3 is 4.74 Å². The molecule has 1 aromatic carbocycles. The van der Waals surface area contributed by atoms with Crippen LogP contribution >= 0.6 is 0 Å². The molecule has 1 aromatic rings. The van der Waals surface area contributed by atoms with Crippen LogP contribution < -0.4 is 4.74 Å². The van der Waals surface area contributed by atoms with E-state index in [0.29, 0.717) is 29.1 Å². The number of nitrogens with zero attached hydrogens (tertiary/aromatic N) is 4. The molecule has 0 spiro atoms. The van der Waals surface area contributed by atoms with E-state index in [2.05, 4.69) is 20.4 Å². The second-order valence-electron chi connectivity index (χ2n) is 3.34. The molecule has 0 unspecified atom stereocenters. The molecule has 6 heteroatoms. The maximum absolute atomic E-state index is 10.5. The molecule has 0 saturated carbocycles. The van der Waals surface area contributed by atoms with Gasteiger partial charge in [0, 0.05) is 6.20 Å². The molecule has 0 N–H and O–H groups in total. The van der Waals surface area contributed by atoms with E-state index in [4.69, 9.17) is 4.74 Å². The second-order valence-corrected chi connectivity index (χ2v) is 3.34. The number of aromatic nitrogens is 4. The van der Waals surface area contributed by atoms with Crippen LogP contribution in [0.3, 0.4) is 0 Å². The van der Waals surface area contributed by atoms with Crippen LogP contribution in [-0.2, 0) is 4.79 Å². The lowest BCUT2D eigenvalue weighted by atomic mass is 10.1. The summed E-state index contributed by atoms with van der Waals surface area (Å²) in [5, 5.41) is 12.8. The number of hydrogen-bond donors (Lipinski definition) is 0. The third-order valence-corrected chi connectivity index (χ3v) is 2.42. The Morgan fingerprint density at radius 2 is 2.12 bits per heavy atom. The van der Waals surface area contributed by atoms with Crippen LogP contribution in [0.15, 0.2) is 30.5 Å². The zero-order valence-electron chi connectivity index (χ0n) is 8.57. The number of benzene rings is 1. The van der Waals surface area contributed by atoms with Gasteiger partial charge in [-0.1, -0.05) is 12.1 Å². The fourth-order valence-electron chi connectivity index (χ4n) is 1.73. The number of carbonyl (C=O) groups is 1. The monoisotopic (exact) mass is 226 g/mol. The Morgan fingerprint density at radius 3 is 3.00 bits per heavy atom. The Bertz CT molecular complexity index is 671. The third kappa shape index (κ3) is 1.46. The number of ether oxygens (including phenoxy) is 1. The highest BCUT2D eigenvalue weighted by Gasteiger charge is 2.15. The predicted molar refractivity (Wildman–Crippen MR) is 58.4 cm³/mol. The Kier molecular flexibility index (Phi) is 2.11. The average molecular weight is 226 g/mol. The molecule has 3 rings (SSSR count). The van der Waals surface area contributed by atoms with Gasteiger partial charge in [0.1, 0.15) is 11.4 Å². The Hall–Kier alpha value is -2.63. The molecule has 0 fully saturated rings. The molecule has 0 bridgehead atoms. The van der Waals surface area contributed by atoms with Gasteiger partial charge in [-0.2, -0.15) is 0 Å². The highest BCUT2D eigenvalue weighted by atomic mass is 16.5. The summed E-state index contributed by atoms with van der Waals surface area (Å²) in [5.41, 5.74) is 0.516. The summed E-state index contributed by atoms with van der Waals surface area (Å²) in [6, 6.07) is 7.15. The zero-order chi connectivity index (χ0) is 11.7. The van der Waals surface area contributed by atoms with Gasteiger partial charge in [-0.3, -0.25) is 4.79 Å². The summed E-state index contributed by atoms with van der Waals surface area (Å²) < 4.78 is 4.93. The van der Waals surface area contributed by atoms with Gasteiger partial charge in [-0.15, -0.1) is 10.2 Å². The molecule has 0 atom stereocenters. The Labute approximate surface area is 95.6 Å². The van der Waals surface area contributed by atoms with Crippen molar-refractivity contribution in [2.24, 2.45) is 0 Å². The van der Waals surface area contributed by atoms with Gasteiger partial charge in [0.25, 0.3) is 6.47 Å². The van der Waals surface area contributed by atoms with E-state index < -0.39 is 0 Å². The molecular formula is C11H6N4O2. The van der Waals surface area contributed by atoms with Gasteiger partial charge >= 0.3 is 0 Å². The van der Waals surface area contributed by atoms with E-state index in [-0.39, 0.29) is 0 Å². The molecule has 0 radical (unpaired) electrons. The standard InChI is InChI=1S/C11H6N4O2/c16-6-17-8-3-1-2-7-4-5-12-11-10(9(7)8)13-15-14-11/h1-6H. The number of carbonyl (C=O) groups excluding carboxylic acids is 1. The average Bonchev–Trinajstić information content (AvgIpc) is 2.71. The minimum absolute atomic E-state index is 0.380. The van der Waals surface area contributed by atoms with Gasteiger partial charge in [-0.25, -0.2) is 4.98 Å². The first-order valence-electron chi connectivity index (χ1n) is 4.87. The highest BCUT2D eigenvalue weighted by molar-refractivity contribution is 5.98. The maximum atomic E-state index is 10.5. The van der Waals surface area contributed by atoms with Crippen molar-refractivity contribution in [3.8, 4) is 17.3 Å². The van der Waals surface area contributed by atoms with Crippen LogP contribution in [0.25, 0.3) is 22.3 Å². The summed E-state index contributed by atoms with van der Waals surface area (Å²) in [7, 11) is 0. The minimum atomic E-state index is 0.380. The number of hydrogen-bond acceptors (Lipinski definition) is 6. The quantitative estimate of drug-likeness (QED) is 0.608. The van der Waals surface area contributed by atoms with Crippen molar-refractivity contribution in [2.45, 2.75) is 0 Å². The van der Waals surface area contributed by atoms with Crippen molar-refractivity contribution in [3.05, 3.63) is 30.5 Å². The first-order chi connectivity index (χ1) is 8.40. The molecule has 17 heavy (non-hydrogen) atoms. The molecule has 82 valence electrons. The molecule has 6 nitrogen and oxygen atoms in total. The summed E-state index contributed by atoms with van der Waals surface area (Å²) in [6.07, 6.45) is 1.62. The molecule has 0 aromatic heterocycles. The molecule has 2 aliphatic rings. The molecule has 0 saturated heterocycles. The normalized spacial score (nSPS) is 10.6. The van der Waals surface area contributed by atoms with E-state index in [0.717, 1.165) is 5.39 Å². The summed E-state index contributed by atoms with van der Waals surface area (Å²) in [6.45, 7) is 0.380. The first kappa shape index (κ1) is 9.59. The summed E-state index contributed by atoms with van der Waals surface area (Å²) >= 11 is 0. The molecule has 2 aliphatic heterocycles. The van der Waals surface area contributed by atoms with Crippen LogP contribution in [-0.4, -0.2) is 26.9 Å². The zero-order valence-corrected chi connectivity index (χ0v) is 8.57. The van der Waals surface area contributed by atoms with Crippen molar-refractivity contribution in [1.82, 2.24) is 20.4 Å². The first-order valence-corrected chi connectivity index (χ1v) is 4.87. The predicted octanol–water partition coefficient (Wildman–Crippen LogP) is 1.06. The topological polar surface area (TPSA) is 77.9 Å². The van der Waals surface area contributed by atoms with Gasteiger partial charge in [0.05, 0.1) is 5.39 Å². The molecular weight excluding hydrogens is 220 g/mol. The van der Waals surface area contributed by atoms with Crippen LogP contribution in [0, 0.1) is 0 Å². The smallest absolute Gasteiger partial charge is 0.298 e. The lowest BCUT2D eigenvalue weighted by Crippen LogP contribution is -1.90. The van der Waals surface area contributed by atoms with Crippen LogP contribution in [0.5, 0.6) is 5.75 Å². The lowest BCUT2D eigenvalue weighted by molar-refractivity contribution is -0.120. The fraction of sp³-hybridized carbons (Fsp3) is 0. The van der Waals surface area contributed by atoms with Crippen molar-refractivity contribution in [3.63, 3.8) is 0 Å². The van der Waals surface area contributed by atoms with Crippen molar-refractivity contribution in [2.75, 3.05) is 0 Å². The second kappa shape index (κ2) is 3.75. The fourth-order valence-corrected chi connectivity index (χ4v) is 1.73. The van der Waals surface area contributed by atoms with Crippen LogP contribution in [0.4, 0.5) is 0 Å². The Morgan fingerprint density at radius 1 is 1.18 bits per heavy atom. The lowest BCUT2D eigenvalue weighted by Gasteiger charge is -2.01. The SMILES string of the molecule is O=COc1cccc2ccnc3nnnc-3c12. The summed E-state index contributed by atoms with van der Waals surface area (Å²) in [4.78, 5) is 14.6.